The van der Waals surface area contributed by atoms with Gasteiger partial charge in [0.1, 0.15) is 5.01 Å². The van der Waals surface area contributed by atoms with E-state index in [1.807, 2.05) is 54.0 Å². The molecular formula is C22H19N3O2S. The predicted octanol–water partition coefficient (Wildman–Crippen LogP) is 3.99. The fourth-order valence-corrected chi connectivity index (χ4v) is 3.77. The molecule has 0 spiro atoms. The third-order valence-electron chi connectivity index (χ3n) is 4.55. The molecule has 0 unspecified atom stereocenters. The summed E-state index contributed by atoms with van der Waals surface area (Å²) in [6.07, 6.45) is 5.31. The lowest BCUT2D eigenvalue weighted by Crippen LogP contribution is -2.33. The van der Waals surface area contributed by atoms with Gasteiger partial charge in [-0.3, -0.25) is 9.78 Å². The lowest BCUT2D eigenvalue weighted by atomic mass is 10.0. The Hall–Kier alpha value is -3.09. The summed E-state index contributed by atoms with van der Waals surface area (Å²) >= 11 is 1.50. The van der Waals surface area contributed by atoms with Crippen LogP contribution in [0, 0.1) is 0 Å². The first-order valence-corrected chi connectivity index (χ1v) is 9.85. The molecule has 28 heavy (non-hydrogen) atoms. The van der Waals surface area contributed by atoms with E-state index in [-0.39, 0.29) is 19.1 Å². The fourth-order valence-electron chi connectivity index (χ4n) is 3.14. The second kappa shape index (κ2) is 8.29. The number of aromatic nitrogens is 2. The number of carbonyl (C=O) groups excluding carboxylic acids is 1. The van der Waals surface area contributed by atoms with Crippen LogP contribution in [0.25, 0.3) is 21.9 Å². The third-order valence-corrected chi connectivity index (χ3v) is 5.31. The van der Waals surface area contributed by atoms with Crippen molar-refractivity contribution in [1.82, 2.24) is 14.9 Å². The van der Waals surface area contributed by atoms with Crippen LogP contribution >= 0.6 is 11.3 Å². The zero-order valence-electron chi connectivity index (χ0n) is 15.2. The number of carbonyl (C=O) groups is 1. The fraction of sp³-hybridized carbons (Fsp3) is 0.136. The van der Waals surface area contributed by atoms with E-state index in [1.165, 1.54) is 11.3 Å². The largest absolute Gasteiger partial charge is 0.395 e. The molecule has 1 amide bonds. The summed E-state index contributed by atoms with van der Waals surface area (Å²) < 4.78 is 0. The number of thiazole rings is 1. The summed E-state index contributed by atoms with van der Waals surface area (Å²) in [7, 11) is 0. The lowest BCUT2D eigenvalue weighted by Gasteiger charge is -2.21. The second-order valence-electron chi connectivity index (χ2n) is 6.39. The Morgan fingerprint density at radius 2 is 1.89 bits per heavy atom. The Balaban J connectivity index is 1.62. The molecule has 0 bridgehead atoms. The first-order chi connectivity index (χ1) is 13.7. The highest BCUT2D eigenvalue weighted by Gasteiger charge is 2.17. The van der Waals surface area contributed by atoms with Crippen LogP contribution in [0.2, 0.25) is 0 Å². The highest BCUT2D eigenvalue weighted by molar-refractivity contribution is 7.09. The number of nitrogens with zero attached hydrogens (tertiary/aromatic N) is 3. The van der Waals surface area contributed by atoms with Gasteiger partial charge in [0.25, 0.3) is 5.91 Å². The number of hydrogen-bond acceptors (Lipinski definition) is 5. The molecule has 0 fully saturated rings. The van der Waals surface area contributed by atoms with Crippen molar-refractivity contribution in [2.24, 2.45) is 0 Å². The minimum Gasteiger partial charge on any atom is -0.395 e. The van der Waals surface area contributed by atoms with Crippen LogP contribution in [-0.2, 0) is 6.54 Å². The van der Waals surface area contributed by atoms with Crippen molar-refractivity contribution in [2.45, 2.75) is 6.54 Å². The zero-order valence-corrected chi connectivity index (χ0v) is 16.0. The maximum Gasteiger partial charge on any atom is 0.254 e. The number of aliphatic hydroxyl groups excluding tert-OH is 1. The van der Waals surface area contributed by atoms with Crippen molar-refractivity contribution in [3.63, 3.8) is 0 Å². The number of hydrogen-bond donors (Lipinski definition) is 1. The van der Waals surface area contributed by atoms with Crippen molar-refractivity contribution in [3.8, 4) is 11.1 Å². The van der Waals surface area contributed by atoms with Gasteiger partial charge in [0.15, 0.2) is 0 Å². The average molecular weight is 389 g/mol. The summed E-state index contributed by atoms with van der Waals surface area (Å²) in [5.41, 5.74) is 2.75. The van der Waals surface area contributed by atoms with E-state index in [0.29, 0.717) is 12.1 Å². The molecule has 0 saturated heterocycles. The molecular weight excluding hydrogens is 370 g/mol. The molecule has 1 N–H and O–H groups in total. The van der Waals surface area contributed by atoms with E-state index < -0.39 is 0 Å². The van der Waals surface area contributed by atoms with Gasteiger partial charge in [0, 0.05) is 41.6 Å². The highest BCUT2D eigenvalue weighted by atomic mass is 32.1. The molecule has 2 heterocycles. The van der Waals surface area contributed by atoms with Crippen molar-refractivity contribution in [2.75, 3.05) is 13.2 Å². The van der Waals surface area contributed by atoms with Gasteiger partial charge in [-0.15, -0.1) is 11.3 Å². The van der Waals surface area contributed by atoms with E-state index in [4.69, 9.17) is 0 Å². The number of amides is 1. The Kier molecular flexibility index (Phi) is 5.41. The number of rotatable bonds is 6. The third kappa shape index (κ3) is 3.93. The monoisotopic (exact) mass is 389 g/mol. The molecule has 2 aromatic heterocycles. The maximum atomic E-state index is 13.0. The van der Waals surface area contributed by atoms with Gasteiger partial charge in [0.05, 0.1) is 13.2 Å². The van der Waals surface area contributed by atoms with Gasteiger partial charge >= 0.3 is 0 Å². The predicted molar refractivity (Wildman–Crippen MR) is 111 cm³/mol. The molecule has 4 rings (SSSR count). The smallest absolute Gasteiger partial charge is 0.254 e. The van der Waals surface area contributed by atoms with Gasteiger partial charge in [-0.25, -0.2) is 4.98 Å². The first kappa shape index (κ1) is 18.3. The van der Waals surface area contributed by atoms with Crippen LogP contribution in [0.5, 0.6) is 0 Å². The molecule has 5 nitrogen and oxygen atoms in total. The molecule has 6 heteroatoms. The topological polar surface area (TPSA) is 66.3 Å². The Labute approximate surface area is 166 Å². The van der Waals surface area contributed by atoms with Crippen molar-refractivity contribution < 1.29 is 9.90 Å². The Morgan fingerprint density at radius 1 is 1.04 bits per heavy atom. The maximum absolute atomic E-state index is 13.0. The van der Waals surface area contributed by atoms with Crippen molar-refractivity contribution in [1.29, 1.82) is 0 Å². The van der Waals surface area contributed by atoms with E-state index in [2.05, 4.69) is 16.0 Å². The van der Waals surface area contributed by atoms with Gasteiger partial charge in [0.2, 0.25) is 0 Å². The Bertz CT molecular complexity index is 1080. The van der Waals surface area contributed by atoms with Gasteiger partial charge in [-0.2, -0.15) is 0 Å². The van der Waals surface area contributed by atoms with E-state index in [1.54, 1.807) is 17.3 Å². The Morgan fingerprint density at radius 3 is 2.64 bits per heavy atom. The van der Waals surface area contributed by atoms with Crippen LogP contribution in [0.4, 0.5) is 0 Å². The number of pyridine rings is 1. The lowest BCUT2D eigenvalue weighted by molar-refractivity contribution is 0.0708. The van der Waals surface area contributed by atoms with Gasteiger partial charge in [-0.1, -0.05) is 24.3 Å². The van der Waals surface area contributed by atoms with Crippen LogP contribution in [-0.4, -0.2) is 39.0 Å². The molecule has 0 radical (unpaired) electrons. The van der Waals surface area contributed by atoms with Crippen LogP contribution < -0.4 is 0 Å². The number of aliphatic hydroxyl groups is 1. The molecule has 4 aromatic rings. The standard InChI is InChI=1S/C22H19N3O2S/c26-10-9-25(15-21-24-8-11-28-21)22(27)19-6-5-16-12-18(4-3-17(16)13-19)20-2-1-7-23-14-20/h1-8,11-14,26H,9-10,15H2. The number of benzene rings is 2. The van der Waals surface area contributed by atoms with Crippen LogP contribution in [0.1, 0.15) is 15.4 Å². The molecule has 0 atom stereocenters. The molecule has 2 aromatic carbocycles. The van der Waals surface area contributed by atoms with Gasteiger partial charge in [-0.05, 0) is 40.6 Å². The molecule has 0 aliphatic heterocycles. The minimum absolute atomic E-state index is 0.0842. The summed E-state index contributed by atoms with van der Waals surface area (Å²) in [4.78, 5) is 23.0. The summed E-state index contributed by atoms with van der Waals surface area (Å²) in [5, 5.41) is 14.1. The van der Waals surface area contributed by atoms with Crippen LogP contribution in [0.15, 0.2) is 72.5 Å². The summed E-state index contributed by atoms with van der Waals surface area (Å²) in [6.45, 7) is 0.588. The normalized spacial score (nSPS) is 10.9. The van der Waals surface area contributed by atoms with E-state index in [0.717, 1.165) is 26.9 Å². The first-order valence-electron chi connectivity index (χ1n) is 8.97. The number of fused-ring (bicyclic) bond motifs is 1. The SMILES string of the molecule is O=C(c1ccc2cc(-c3cccnc3)ccc2c1)N(CCO)Cc1nccs1. The summed E-state index contributed by atoms with van der Waals surface area (Å²) in [6, 6.07) is 15.8. The highest BCUT2D eigenvalue weighted by Crippen LogP contribution is 2.25. The molecule has 0 aliphatic carbocycles. The van der Waals surface area contributed by atoms with E-state index >= 15 is 0 Å². The zero-order chi connectivity index (χ0) is 19.3. The van der Waals surface area contributed by atoms with Crippen LogP contribution in [0.3, 0.4) is 0 Å². The average Bonchev–Trinajstić information content (AvgIpc) is 3.26. The quantitative estimate of drug-likeness (QED) is 0.541. The van der Waals surface area contributed by atoms with E-state index in [9.17, 15) is 9.90 Å². The van der Waals surface area contributed by atoms with Gasteiger partial charge < -0.3 is 10.0 Å². The minimum atomic E-state index is -0.109. The second-order valence-corrected chi connectivity index (χ2v) is 7.37. The molecule has 0 saturated carbocycles. The van der Waals surface area contributed by atoms with Crippen molar-refractivity contribution in [3.05, 3.63) is 83.1 Å². The summed E-state index contributed by atoms with van der Waals surface area (Å²) in [5.74, 6) is -0.109. The molecule has 140 valence electrons. The van der Waals surface area contributed by atoms with Crippen molar-refractivity contribution >= 4 is 28.0 Å². The molecule has 0 aliphatic rings.